The van der Waals surface area contributed by atoms with Gasteiger partial charge >= 0.3 is 61.1 Å². The van der Waals surface area contributed by atoms with Crippen molar-refractivity contribution >= 4 is 61.1 Å². The van der Waals surface area contributed by atoms with Crippen LogP contribution in [0.3, 0.4) is 0 Å². The molecule has 0 unspecified atom stereocenters. The number of rotatable bonds is 0. The van der Waals surface area contributed by atoms with E-state index in [2.05, 4.69) is 215 Å². The van der Waals surface area contributed by atoms with Crippen molar-refractivity contribution in [2.24, 2.45) is 0 Å². The summed E-state index contributed by atoms with van der Waals surface area (Å²) in [6, 6.07) is 16.8. The number of fused-ring (bicyclic) bond motifs is 4. The molecule has 2 aliphatic rings. The van der Waals surface area contributed by atoms with E-state index < -0.39 is 15.6 Å². The van der Waals surface area contributed by atoms with E-state index in [1.807, 2.05) is 0 Å². The maximum absolute atomic E-state index is 13.3. The molecule has 4 aromatic carbocycles. The first kappa shape index (κ1) is 59.5. The van der Waals surface area contributed by atoms with Crippen LogP contribution in [0.2, 0.25) is 0 Å². The normalized spacial score (nSPS) is 16.3. The Labute approximate surface area is 455 Å². The van der Waals surface area contributed by atoms with Crippen molar-refractivity contribution in [3.05, 3.63) is 115 Å². The van der Waals surface area contributed by atoms with Crippen molar-refractivity contribution in [2.45, 2.75) is 222 Å². The Balaban J connectivity index is 0.000000296. The van der Waals surface area contributed by atoms with Gasteiger partial charge < -0.3 is 27.9 Å². The van der Waals surface area contributed by atoms with Crippen molar-refractivity contribution in [1.82, 2.24) is 0 Å². The van der Waals surface area contributed by atoms with Gasteiger partial charge in [0, 0.05) is 35.1 Å². The SMILES string of the molecule is CC(C)(C)c1cc2c(c(C(C)(C)C)c1)OP(=O)([O-])Oc1c(cc(C(C)(C)C)cc1C(C)(C)C)C2.CC(C)(C)c1cc2c(c(C(C)(C)C)c1)OP(=O)([O-])Oc1c(cc(C(C)(C)C)cc1C(C)(C)C)C2.[Sr+2]. The molecule has 0 amide bonds. The Kier molecular flexibility index (Phi) is 16.7. The second-order valence-corrected chi connectivity index (χ2v) is 30.2. The smallest absolute Gasteiger partial charge is 0.736 e. The van der Waals surface area contributed by atoms with Gasteiger partial charge in [0.1, 0.15) is 23.0 Å². The molecule has 0 atom stereocenters. The molecule has 0 bridgehead atoms. The van der Waals surface area contributed by atoms with Crippen LogP contribution in [0.25, 0.3) is 0 Å². The summed E-state index contributed by atoms with van der Waals surface area (Å²) in [5.74, 6) is 1.62. The molecule has 4 aromatic rings. The van der Waals surface area contributed by atoms with Gasteiger partial charge in [-0.3, -0.25) is 0 Å². The standard InChI is InChI=1S/2C29H43O4P.Sr/c2*1-26(2,3)20-14-18-13-19-15-21(27(4,5)6)17-23(29(10,11)12)25(19)33-34(30,31)32-24(18)22(16-20)28(7,8)9;/h2*14-17H,13H2,1-12H3,(H,30,31);/q;;+2/p-2. The van der Waals surface area contributed by atoms with Gasteiger partial charge in [-0.05, 0) is 87.8 Å². The van der Waals surface area contributed by atoms with Gasteiger partial charge in [0.15, 0.2) is 0 Å². The zero-order valence-electron chi connectivity index (χ0n) is 46.9. The van der Waals surface area contributed by atoms with Gasteiger partial charge in [-0.15, -0.1) is 0 Å². The van der Waals surface area contributed by atoms with Crippen LogP contribution in [-0.2, 0) is 65.3 Å². The topological polar surface area (TPSA) is 117 Å². The monoisotopic (exact) mass is 1060 g/mol. The summed E-state index contributed by atoms with van der Waals surface area (Å²) in [5, 5.41) is 0. The molecule has 8 nitrogen and oxygen atoms in total. The van der Waals surface area contributed by atoms with Gasteiger partial charge in [0.25, 0.3) is 0 Å². The van der Waals surface area contributed by atoms with E-state index in [1.165, 1.54) is 0 Å². The van der Waals surface area contributed by atoms with Crippen LogP contribution in [0.15, 0.2) is 48.5 Å². The number of benzene rings is 4. The van der Waals surface area contributed by atoms with Gasteiger partial charge in [0.2, 0.25) is 0 Å². The van der Waals surface area contributed by atoms with Crippen LogP contribution in [0, 0.1) is 0 Å². The maximum Gasteiger partial charge on any atom is 2.00 e. The second kappa shape index (κ2) is 19.3. The molecule has 2 aliphatic heterocycles. The molecule has 69 heavy (non-hydrogen) atoms. The van der Waals surface area contributed by atoms with Crippen LogP contribution >= 0.6 is 15.6 Å². The fourth-order valence-electron chi connectivity index (χ4n) is 8.57. The molecule has 0 radical (unpaired) electrons. The number of phosphoric ester groups is 2. The maximum atomic E-state index is 13.3. The molecule has 0 aliphatic carbocycles. The Bertz CT molecular complexity index is 2320. The van der Waals surface area contributed by atoms with E-state index in [9.17, 15) is 18.9 Å². The molecule has 0 saturated heterocycles. The van der Waals surface area contributed by atoms with E-state index in [0.717, 1.165) is 66.8 Å². The molecule has 0 spiro atoms. The van der Waals surface area contributed by atoms with Gasteiger partial charge in [-0.1, -0.05) is 215 Å². The van der Waals surface area contributed by atoms with Crippen molar-refractivity contribution in [2.75, 3.05) is 0 Å². The summed E-state index contributed by atoms with van der Waals surface area (Å²) < 4.78 is 49.5. The minimum Gasteiger partial charge on any atom is -0.736 e. The number of phosphoric acid groups is 2. The summed E-state index contributed by atoms with van der Waals surface area (Å²) in [4.78, 5) is 26.5. The number of hydrogen-bond donors (Lipinski definition) is 0. The molecule has 0 aromatic heterocycles. The summed E-state index contributed by atoms with van der Waals surface area (Å²) in [7, 11) is -9.35. The predicted octanol–water partition coefficient (Wildman–Crippen LogP) is 15.0. The quantitative estimate of drug-likeness (QED) is 0.126. The Hall–Kier alpha value is -2.06. The molecule has 0 N–H and O–H groups in total. The van der Waals surface area contributed by atoms with Crippen molar-refractivity contribution in [1.29, 1.82) is 0 Å². The Morgan fingerprint density at radius 1 is 0.319 bits per heavy atom. The van der Waals surface area contributed by atoms with Crippen LogP contribution in [0.4, 0.5) is 0 Å². The third-order valence-corrected chi connectivity index (χ3v) is 14.6. The van der Waals surface area contributed by atoms with E-state index >= 15 is 0 Å². The van der Waals surface area contributed by atoms with Crippen molar-refractivity contribution < 1.29 is 37.0 Å². The average Bonchev–Trinajstić information content (AvgIpc) is 3.08. The molecular formula is C58H84O8P2Sr. The van der Waals surface area contributed by atoms with Gasteiger partial charge in [0.05, 0.1) is 0 Å². The van der Waals surface area contributed by atoms with Crippen molar-refractivity contribution in [3.8, 4) is 23.0 Å². The van der Waals surface area contributed by atoms with Crippen LogP contribution in [-0.4, -0.2) is 45.5 Å². The molecule has 0 saturated carbocycles. The van der Waals surface area contributed by atoms with Crippen molar-refractivity contribution in [3.63, 3.8) is 0 Å². The first-order chi connectivity index (χ1) is 30.2. The molecule has 6 rings (SSSR count). The third kappa shape index (κ3) is 14.2. The first-order valence-corrected chi connectivity index (χ1v) is 27.2. The molecule has 0 fully saturated rings. The molecule has 376 valence electrons. The van der Waals surface area contributed by atoms with Gasteiger partial charge in [-0.25, -0.2) is 9.13 Å². The zero-order valence-corrected chi connectivity index (χ0v) is 52.2. The largest absolute Gasteiger partial charge is 2.00 e. The zero-order chi connectivity index (χ0) is 52.1. The average molecular weight is 1060 g/mol. The third-order valence-electron chi connectivity index (χ3n) is 12.9. The second-order valence-electron chi connectivity index (χ2n) is 27.7. The van der Waals surface area contributed by atoms with E-state index in [-0.39, 0.29) is 88.8 Å². The molecular weight excluding hydrogens is 974 g/mol. The summed E-state index contributed by atoms with van der Waals surface area (Å²) in [6.45, 7) is 51.1. The summed E-state index contributed by atoms with van der Waals surface area (Å²) in [6.07, 6.45) is 1.06. The minimum atomic E-state index is -4.68. The Morgan fingerprint density at radius 2 is 0.478 bits per heavy atom. The molecule has 2 heterocycles. The van der Waals surface area contributed by atoms with Crippen LogP contribution < -0.4 is 27.9 Å². The Morgan fingerprint density at radius 3 is 0.609 bits per heavy atom. The van der Waals surface area contributed by atoms with Gasteiger partial charge in [-0.2, -0.15) is 0 Å². The molecule has 11 heteroatoms. The fourth-order valence-corrected chi connectivity index (χ4v) is 10.4. The van der Waals surface area contributed by atoms with Crippen LogP contribution in [0.1, 0.15) is 233 Å². The summed E-state index contributed by atoms with van der Waals surface area (Å²) in [5.41, 5.74) is 10.0. The van der Waals surface area contributed by atoms with Crippen LogP contribution in [0.5, 0.6) is 23.0 Å². The first-order valence-electron chi connectivity index (χ1n) is 24.3. The fraction of sp³-hybridized carbons (Fsp3) is 0.586. The summed E-state index contributed by atoms with van der Waals surface area (Å²) >= 11 is 0. The minimum absolute atomic E-state index is 0. The van der Waals surface area contributed by atoms with E-state index in [1.54, 1.807) is 0 Å². The van der Waals surface area contributed by atoms with E-state index in [0.29, 0.717) is 35.8 Å². The van der Waals surface area contributed by atoms with E-state index in [4.69, 9.17) is 18.1 Å². The number of hydrogen-bond acceptors (Lipinski definition) is 8. The predicted molar refractivity (Wildman–Crippen MR) is 284 cm³/mol.